The molecule has 0 saturated heterocycles. The number of nitrogens with one attached hydrogen (secondary N) is 3. The normalized spacial score (nSPS) is 11.1. The molecule has 1 amide bonds. The van der Waals surface area contributed by atoms with Gasteiger partial charge in [0.25, 0.3) is 0 Å². The predicted octanol–water partition coefficient (Wildman–Crippen LogP) is 3.34. The van der Waals surface area contributed by atoms with Gasteiger partial charge >= 0.3 is 0 Å². The Morgan fingerprint density at radius 2 is 2.04 bits per heavy atom. The average Bonchev–Trinajstić information content (AvgIpc) is 3.29. The zero-order valence-corrected chi connectivity index (χ0v) is 15.2. The van der Waals surface area contributed by atoms with E-state index in [-0.39, 0.29) is 5.91 Å². The van der Waals surface area contributed by atoms with E-state index in [1.165, 1.54) is 5.56 Å². The van der Waals surface area contributed by atoms with Crippen molar-refractivity contribution in [2.45, 2.75) is 19.3 Å². The second-order valence-corrected chi connectivity index (χ2v) is 6.53. The fourth-order valence-corrected chi connectivity index (χ4v) is 3.27. The maximum atomic E-state index is 12.1. The maximum absolute atomic E-state index is 12.1. The number of benzene rings is 2. The maximum Gasteiger partial charge on any atom is 0.220 e. The second kappa shape index (κ2) is 7.53. The first-order valence-corrected chi connectivity index (χ1v) is 9.07. The van der Waals surface area contributed by atoms with E-state index < -0.39 is 0 Å². The molecule has 6 heteroatoms. The molecule has 27 heavy (non-hydrogen) atoms. The van der Waals surface area contributed by atoms with Gasteiger partial charge in [0.1, 0.15) is 11.6 Å². The number of amides is 1. The fourth-order valence-electron chi connectivity index (χ4n) is 3.27. The highest BCUT2D eigenvalue weighted by atomic mass is 16.5. The topological polar surface area (TPSA) is 82.8 Å². The minimum atomic E-state index is 0.0351. The van der Waals surface area contributed by atoms with E-state index in [9.17, 15) is 4.79 Å². The van der Waals surface area contributed by atoms with Crippen LogP contribution in [0, 0.1) is 0 Å². The van der Waals surface area contributed by atoms with Crippen LogP contribution in [-0.2, 0) is 17.6 Å². The molecule has 0 spiro atoms. The van der Waals surface area contributed by atoms with Gasteiger partial charge < -0.3 is 20.0 Å². The van der Waals surface area contributed by atoms with Gasteiger partial charge in [0, 0.05) is 36.5 Å². The Labute approximate surface area is 157 Å². The zero-order chi connectivity index (χ0) is 18.6. The molecule has 0 saturated carbocycles. The number of H-pyrrole nitrogens is 2. The van der Waals surface area contributed by atoms with Crippen LogP contribution in [0.1, 0.15) is 17.8 Å². The predicted molar refractivity (Wildman–Crippen MR) is 106 cm³/mol. The summed E-state index contributed by atoms with van der Waals surface area (Å²) in [5.74, 6) is 1.71. The van der Waals surface area contributed by atoms with Crippen molar-refractivity contribution in [2.75, 3.05) is 13.7 Å². The van der Waals surface area contributed by atoms with Gasteiger partial charge in [-0.15, -0.1) is 0 Å². The van der Waals surface area contributed by atoms with Gasteiger partial charge in [-0.05, 0) is 42.3 Å². The summed E-state index contributed by atoms with van der Waals surface area (Å²) in [6.07, 6.45) is 3.78. The molecule has 0 atom stereocenters. The average molecular weight is 362 g/mol. The van der Waals surface area contributed by atoms with Crippen molar-refractivity contribution in [2.24, 2.45) is 0 Å². The number of hydrogen-bond acceptors (Lipinski definition) is 3. The monoisotopic (exact) mass is 362 g/mol. The number of methoxy groups -OCH3 is 1. The first-order chi connectivity index (χ1) is 13.2. The van der Waals surface area contributed by atoms with Crippen LogP contribution in [0.15, 0.2) is 48.7 Å². The molecule has 0 aliphatic heterocycles. The number of aromatic amines is 2. The first-order valence-electron chi connectivity index (χ1n) is 9.07. The molecule has 4 aromatic rings. The molecule has 2 aromatic heterocycles. The molecule has 2 heterocycles. The smallest absolute Gasteiger partial charge is 0.220 e. The van der Waals surface area contributed by atoms with Crippen LogP contribution in [0.2, 0.25) is 0 Å². The van der Waals surface area contributed by atoms with E-state index in [4.69, 9.17) is 4.74 Å². The SMILES string of the molecule is COc1ccc2[nH]cc(CCNC(=O)CCc3nc4ccccc4[nH]3)c2c1. The fraction of sp³-hybridized carbons (Fsp3) is 0.238. The number of carbonyl (C=O) groups excluding carboxylic acids is 1. The molecule has 2 aromatic carbocycles. The Kier molecular flexibility index (Phi) is 4.78. The minimum absolute atomic E-state index is 0.0351. The summed E-state index contributed by atoms with van der Waals surface area (Å²) in [7, 11) is 1.66. The molecule has 0 fully saturated rings. The van der Waals surface area contributed by atoms with Crippen molar-refractivity contribution in [3.63, 3.8) is 0 Å². The van der Waals surface area contributed by atoms with Crippen molar-refractivity contribution in [3.8, 4) is 5.75 Å². The Morgan fingerprint density at radius 1 is 1.15 bits per heavy atom. The third-order valence-corrected chi connectivity index (χ3v) is 4.72. The number of carbonyl (C=O) groups is 1. The molecular formula is C21H22N4O2. The van der Waals surface area contributed by atoms with Gasteiger partial charge in [0.05, 0.1) is 18.1 Å². The van der Waals surface area contributed by atoms with Gasteiger partial charge in [-0.3, -0.25) is 4.79 Å². The van der Waals surface area contributed by atoms with Crippen molar-refractivity contribution in [1.82, 2.24) is 20.3 Å². The van der Waals surface area contributed by atoms with Crippen molar-refractivity contribution >= 4 is 27.8 Å². The van der Waals surface area contributed by atoms with Crippen LogP contribution >= 0.6 is 0 Å². The van der Waals surface area contributed by atoms with E-state index in [1.807, 2.05) is 48.7 Å². The lowest BCUT2D eigenvalue weighted by molar-refractivity contribution is -0.121. The summed E-state index contributed by atoms with van der Waals surface area (Å²) in [4.78, 5) is 23.2. The Balaban J connectivity index is 1.29. The number of rotatable bonds is 7. The molecule has 6 nitrogen and oxygen atoms in total. The zero-order valence-electron chi connectivity index (χ0n) is 15.2. The molecule has 4 rings (SSSR count). The highest BCUT2D eigenvalue weighted by Gasteiger charge is 2.08. The molecule has 0 radical (unpaired) electrons. The number of aromatic nitrogens is 3. The standard InChI is InChI=1S/C21H22N4O2/c1-27-15-6-7-17-16(12-15)14(13-23-17)10-11-22-21(26)9-8-20-24-18-4-2-3-5-19(18)25-20/h2-7,12-13,23H,8-11H2,1H3,(H,22,26)(H,24,25). The Hall–Kier alpha value is -3.28. The second-order valence-electron chi connectivity index (χ2n) is 6.53. The lowest BCUT2D eigenvalue weighted by atomic mass is 10.1. The summed E-state index contributed by atoms with van der Waals surface area (Å²) in [6, 6.07) is 13.8. The molecule has 0 aliphatic rings. The third-order valence-electron chi connectivity index (χ3n) is 4.72. The van der Waals surface area contributed by atoms with Crippen LogP contribution < -0.4 is 10.1 Å². The van der Waals surface area contributed by atoms with Crippen molar-refractivity contribution in [1.29, 1.82) is 0 Å². The minimum Gasteiger partial charge on any atom is -0.497 e. The summed E-state index contributed by atoms with van der Waals surface area (Å²) in [5.41, 5.74) is 4.17. The number of aryl methyl sites for hydroxylation is 1. The number of ether oxygens (including phenoxy) is 1. The van der Waals surface area contributed by atoms with Crippen LogP contribution in [0.3, 0.4) is 0 Å². The summed E-state index contributed by atoms with van der Waals surface area (Å²) in [5, 5.41) is 4.12. The van der Waals surface area contributed by atoms with Gasteiger partial charge in [-0.25, -0.2) is 4.98 Å². The molecule has 0 aliphatic carbocycles. The largest absolute Gasteiger partial charge is 0.497 e. The van der Waals surface area contributed by atoms with Gasteiger partial charge in [0.2, 0.25) is 5.91 Å². The Bertz CT molecular complexity index is 1050. The lowest BCUT2D eigenvalue weighted by Gasteiger charge is -2.05. The summed E-state index contributed by atoms with van der Waals surface area (Å²) in [6.45, 7) is 0.600. The first kappa shape index (κ1) is 17.1. The van der Waals surface area contributed by atoms with Crippen LogP contribution in [0.4, 0.5) is 0 Å². The van der Waals surface area contributed by atoms with Crippen LogP contribution in [-0.4, -0.2) is 34.5 Å². The van der Waals surface area contributed by atoms with Gasteiger partial charge in [-0.1, -0.05) is 12.1 Å². The van der Waals surface area contributed by atoms with E-state index in [2.05, 4.69) is 20.3 Å². The number of fused-ring (bicyclic) bond motifs is 2. The van der Waals surface area contributed by atoms with E-state index >= 15 is 0 Å². The lowest BCUT2D eigenvalue weighted by Crippen LogP contribution is -2.25. The molecular weight excluding hydrogens is 340 g/mol. The summed E-state index contributed by atoms with van der Waals surface area (Å²) < 4.78 is 5.29. The quantitative estimate of drug-likeness (QED) is 0.471. The Morgan fingerprint density at radius 3 is 2.89 bits per heavy atom. The third kappa shape index (κ3) is 3.79. The number of para-hydroxylation sites is 2. The van der Waals surface area contributed by atoms with Gasteiger partial charge in [-0.2, -0.15) is 0 Å². The van der Waals surface area contributed by atoms with Crippen LogP contribution in [0.25, 0.3) is 21.9 Å². The van der Waals surface area contributed by atoms with E-state index in [0.717, 1.165) is 39.9 Å². The van der Waals surface area contributed by atoms with Crippen molar-refractivity contribution in [3.05, 3.63) is 60.0 Å². The van der Waals surface area contributed by atoms with E-state index in [0.29, 0.717) is 19.4 Å². The number of nitrogens with zero attached hydrogens (tertiary/aromatic N) is 1. The molecule has 3 N–H and O–H groups in total. The van der Waals surface area contributed by atoms with Gasteiger partial charge in [0.15, 0.2) is 0 Å². The summed E-state index contributed by atoms with van der Waals surface area (Å²) >= 11 is 0. The number of hydrogen-bond donors (Lipinski definition) is 3. The highest BCUT2D eigenvalue weighted by molar-refractivity contribution is 5.84. The highest BCUT2D eigenvalue weighted by Crippen LogP contribution is 2.23. The van der Waals surface area contributed by atoms with Crippen LogP contribution in [0.5, 0.6) is 5.75 Å². The number of imidazole rings is 1. The molecule has 0 bridgehead atoms. The van der Waals surface area contributed by atoms with E-state index in [1.54, 1.807) is 7.11 Å². The molecule has 0 unspecified atom stereocenters. The van der Waals surface area contributed by atoms with Crippen molar-refractivity contribution < 1.29 is 9.53 Å². The molecule has 138 valence electrons.